The molecule has 0 aliphatic carbocycles. The molecule has 0 aliphatic heterocycles. The number of hydrogen-bond donors (Lipinski definition) is 1. The van der Waals surface area contributed by atoms with Crippen molar-refractivity contribution in [3.05, 3.63) is 34.9 Å². The summed E-state index contributed by atoms with van der Waals surface area (Å²) in [6.07, 6.45) is 0. The Labute approximate surface area is 189 Å². The van der Waals surface area contributed by atoms with Crippen molar-refractivity contribution in [2.24, 2.45) is 5.14 Å². The third kappa shape index (κ3) is 5.16. The maximum atomic E-state index is 12.9. The molecule has 2 aromatic rings. The topological polar surface area (TPSA) is 114 Å². The van der Waals surface area contributed by atoms with E-state index in [1.165, 1.54) is 28.3 Å². The summed E-state index contributed by atoms with van der Waals surface area (Å²) in [6, 6.07) is 5.13. The van der Waals surface area contributed by atoms with Crippen LogP contribution in [0.3, 0.4) is 0 Å². The van der Waals surface area contributed by atoms with Crippen LogP contribution in [-0.4, -0.2) is 35.5 Å². The third-order valence-corrected chi connectivity index (χ3v) is 5.48. The molecule has 0 radical (unpaired) electrons. The van der Waals surface area contributed by atoms with Crippen molar-refractivity contribution in [1.29, 1.82) is 0 Å². The molecule has 0 amide bonds. The number of carbonyl (C=O) groups excluding carboxylic acids is 1. The summed E-state index contributed by atoms with van der Waals surface area (Å²) in [7, 11) is 0.229. The standard InChI is InChI=1S/C23H31NO7S/c1-12(2)16-11-17(22-18(29-7)9-15(28-6)10-19(22)30-8)21(14(5)25)20(13(3)4)23(16)31-32(24,26)27/h9-13H,1-8H3,(H2,24,26,27). The van der Waals surface area contributed by atoms with Gasteiger partial charge in [0.15, 0.2) is 11.5 Å². The Morgan fingerprint density at radius 2 is 1.44 bits per heavy atom. The van der Waals surface area contributed by atoms with Crippen molar-refractivity contribution in [1.82, 2.24) is 0 Å². The summed E-state index contributed by atoms with van der Waals surface area (Å²) in [5.74, 6) is 0.823. The molecule has 0 spiro atoms. The monoisotopic (exact) mass is 465 g/mol. The van der Waals surface area contributed by atoms with Crippen LogP contribution in [0.15, 0.2) is 18.2 Å². The molecule has 9 heteroatoms. The summed E-state index contributed by atoms with van der Waals surface area (Å²) in [4.78, 5) is 12.9. The van der Waals surface area contributed by atoms with Crippen molar-refractivity contribution in [2.45, 2.75) is 46.5 Å². The zero-order valence-corrected chi connectivity index (χ0v) is 20.5. The summed E-state index contributed by atoms with van der Waals surface area (Å²) < 4.78 is 45.5. The number of rotatable bonds is 9. The highest BCUT2D eigenvalue weighted by Crippen LogP contribution is 2.48. The van der Waals surface area contributed by atoms with Gasteiger partial charge in [0.1, 0.15) is 17.2 Å². The fourth-order valence-electron chi connectivity index (χ4n) is 3.74. The average molecular weight is 466 g/mol. The average Bonchev–Trinajstić information content (AvgIpc) is 2.70. The van der Waals surface area contributed by atoms with Crippen LogP contribution in [0, 0.1) is 0 Å². The van der Waals surface area contributed by atoms with Gasteiger partial charge in [-0.3, -0.25) is 4.79 Å². The Kier molecular flexibility index (Phi) is 7.79. The first-order valence-corrected chi connectivity index (χ1v) is 11.6. The van der Waals surface area contributed by atoms with Crippen LogP contribution in [0.25, 0.3) is 11.1 Å². The van der Waals surface area contributed by atoms with Gasteiger partial charge in [0.25, 0.3) is 0 Å². The minimum Gasteiger partial charge on any atom is -0.496 e. The second-order valence-electron chi connectivity index (χ2n) is 7.98. The van der Waals surface area contributed by atoms with Gasteiger partial charge in [-0.2, -0.15) is 13.6 Å². The Hall–Kier alpha value is -2.78. The van der Waals surface area contributed by atoms with Gasteiger partial charge in [-0.15, -0.1) is 0 Å². The molecule has 0 unspecified atom stereocenters. The van der Waals surface area contributed by atoms with Crippen LogP contribution in [0.5, 0.6) is 23.0 Å². The van der Waals surface area contributed by atoms with Crippen LogP contribution in [-0.2, 0) is 10.3 Å². The molecule has 2 aromatic carbocycles. The molecule has 0 aliphatic rings. The first-order valence-electron chi connectivity index (χ1n) is 10.1. The first kappa shape index (κ1) is 25.5. The van der Waals surface area contributed by atoms with Crippen LogP contribution in [0.1, 0.15) is 67.9 Å². The fraction of sp³-hybridized carbons (Fsp3) is 0.435. The molecule has 0 bridgehead atoms. The molecule has 32 heavy (non-hydrogen) atoms. The minimum atomic E-state index is -4.32. The number of Topliss-reactive ketones (excluding diaryl/α,β-unsaturated/α-hetero) is 1. The lowest BCUT2D eigenvalue weighted by Crippen LogP contribution is -2.22. The van der Waals surface area contributed by atoms with Crippen molar-refractivity contribution in [2.75, 3.05) is 21.3 Å². The van der Waals surface area contributed by atoms with Crippen molar-refractivity contribution < 1.29 is 31.6 Å². The molecule has 0 fully saturated rings. The lowest BCUT2D eigenvalue weighted by molar-refractivity contribution is 0.101. The largest absolute Gasteiger partial charge is 0.496 e. The van der Waals surface area contributed by atoms with E-state index in [1.54, 1.807) is 18.2 Å². The quantitative estimate of drug-likeness (QED) is 0.546. The highest BCUT2D eigenvalue weighted by atomic mass is 32.2. The minimum absolute atomic E-state index is 0.0814. The van der Waals surface area contributed by atoms with Crippen LogP contribution >= 0.6 is 0 Å². The second-order valence-corrected chi connectivity index (χ2v) is 9.13. The molecule has 176 valence electrons. The van der Waals surface area contributed by atoms with Crippen molar-refractivity contribution in [3.8, 4) is 34.1 Å². The number of carbonyl (C=O) groups is 1. The van der Waals surface area contributed by atoms with Gasteiger partial charge in [0.05, 0.1) is 26.9 Å². The van der Waals surface area contributed by atoms with E-state index in [-0.39, 0.29) is 23.4 Å². The normalized spacial score (nSPS) is 11.6. The van der Waals surface area contributed by atoms with Gasteiger partial charge in [-0.1, -0.05) is 27.7 Å². The van der Waals surface area contributed by atoms with E-state index in [1.807, 2.05) is 27.7 Å². The molecular weight excluding hydrogens is 434 g/mol. The first-order chi connectivity index (χ1) is 14.9. The van der Waals surface area contributed by atoms with Gasteiger partial charge in [0.2, 0.25) is 0 Å². The van der Waals surface area contributed by atoms with Gasteiger partial charge >= 0.3 is 10.3 Å². The zero-order chi connectivity index (χ0) is 24.4. The molecule has 0 saturated carbocycles. The van der Waals surface area contributed by atoms with Gasteiger partial charge < -0.3 is 18.4 Å². The van der Waals surface area contributed by atoms with Gasteiger partial charge in [0, 0.05) is 28.8 Å². The summed E-state index contributed by atoms with van der Waals surface area (Å²) in [5.41, 5.74) is 2.44. The predicted molar refractivity (Wildman–Crippen MR) is 123 cm³/mol. The van der Waals surface area contributed by atoms with E-state index in [9.17, 15) is 13.2 Å². The molecule has 2 rings (SSSR count). The molecule has 8 nitrogen and oxygen atoms in total. The molecular formula is C23H31NO7S. The van der Waals surface area contributed by atoms with Crippen molar-refractivity contribution >= 4 is 16.1 Å². The van der Waals surface area contributed by atoms with Crippen molar-refractivity contribution in [3.63, 3.8) is 0 Å². The Bertz CT molecular complexity index is 1100. The number of methoxy groups -OCH3 is 3. The highest BCUT2D eigenvalue weighted by Gasteiger charge is 2.30. The van der Waals surface area contributed by atoms with E-state index in [0.717, 1.165) is 0 Å². The molecule has 0 atom stereocenters. The third-order valence-electron chi connectivity index (χ3n) is 5.08. The summed E-state index contributed by atoms with van der Waals surface area (Å²) in [5, 5.41) is 5.22. The maximum absolute atomic E-state index is 12.9. The lowest BCUT2D eigenvalue weighted by atomic mass is 9.82. The molecule has 0 heterocycles. The summed E-state index contributed by atoms with van der Waals surface area (Å²) in [6.45, 7) is 8.93. The Balaban J connectivity index is 3.15. The molecule has 2 N–H and O–H groups in total. The number of benzene rings is 2. The van der Waals surface area contributed by atoms with E-state index in [0.29, 0.717) is 45.1 Å². The van der Waals surface area contributed by atoms with E-state index in [4.69, 9.17) is 23.5 Å². The fourth-order valence-corrected chi connectivity index (χ4v) is 4.16. The van der Waals surface area contributed by atoms with E-state index >= 15 is 0 Å². The SMILES string of the molecule is COc1cc(OC)c(-c2cc(C(C)C)c(OS(N)(=O)=O)c(C(C)C)c2C(C)=O)c(OC)c1. The Morgan fingerprint density at radius 1 is 0.906 bits per heavy atom. The van der Waals surface area contributed by atoms with Gasteiger partial charge in [-0.25, -0.2) is 0 Å². The number of hydrogen-bond acceptors (Lipinski definition) is 7. The second kappa shape index (κ2) is 9.79. The van der Waals surface area contributed by atoms with Crippen LogP contribution < -0.4 is 23.5 Å². The number of ether oxygens (including phenoxy) is 3. The van der Waals surface area contributed by atoms with E-state index < -0.39 is 10.3 Å². The van der Waals surface area contributed by atoms with E-state index in [2.05, 4.69) is 0 Å². The maximum Gasteiger partial charge on any atom is 0.380 e. The van der Waals surface area contributed by atoms with Crippen LogP contribution in [0.4, 0.5) is 0 Å². The predicted octanol–water partition coefficient (Wildman–Crippen LogP) is 4.41. The van der Waals surface area contributed by atoms with Crippen LogP contribution in [0.2, 0.25) is 0 Å². The Morgan fingerprint density at radius 3 is 1.78 bits per heavy atom. The summed E-state index contributed by atoms with van der Waals surface area (Å²) >= 11 is 0. The van der Waals surface area contributed by atoms with Gasteiger partial charge in [-0.05, 0) is 30.4 Å². The molecule has 0 saturated heterocycles. The zero-order valence-electron chi connectivity index (χ0n) is 19.7. The molecule has 0 aromatic heterocycles. The lowest BCUT2D eigenvalue weighted by Gasteiger charge is -2.25. The highest BCUT2D eigenvalue weighted by molar-refractivity contribution is 7.84. The number of nitrogens with two attached hydrogens (primary N) is 1. The smallest absolute Gasteiger partial charge is 0.380 e. The number of ketones is 1.